The van der Waals surface area contributed by atoms with Crippen LogP contribution in [0.2, 0.25) is 0 Å². The summed E-state index contributed by atoms with van der Waals surface area (Å²) in [5.41, 5.74) is 1.24. The Morgan fingerprint density at radius 3 is 3.07 bits per heavy atom. The molecule has 2 rings (SSSR count). The van der Waals surface area contributed by atoms with Gasteiger partial charge in [-0.05, 0) is 24.1 Å². The van der Waals surface area contributed by atoms with Crippen LogP contribution in [0.15, 0.2) is 18.2 Å². The van der Waals surface area contributed by atoms with Crippen LogP contribution in [0.3, 0.4) is 0 Å². The molecule has 0 radical (unpaired) electrons. The second-order valence-electron chi connectivity index (χ2n) is 3.44. The summed E-state index contributed by atoms with van der Waals surface area (Å²) in [5, 5.41) is 8.52. The van der Waals surface area contributed by atoms with Gasteiger partial charge in [-0.2, -0.15) is 5.26 Å². The lowest BCUT2D eigenvalue weighted by molar-refractivity contribution is 0.0760. The summed E-state index contributed by atoms with van der Waals surface area (Å²) in [5.74, 6) is -0.668. The molecular weight excluding hydrogens is 195 g/mol. The molecule has 0 atom stereocenters. The molecule has 0 bridgehead atoms. The number of nitriles is 1. The van der Waals surface area contributed by atoms with E-state index in [-0.39, 0.29) is 12.5 Å². The van der Waals surface area contributed by atoms with Crippen molar-refractivity contribution in [1.29, 1.82) is 5.26 Å². The first-order chi connectivity index (χ1) is 7.22. The van der Waals surface area contributed by atoms with Crippen LogP contribution < -0.4 is 0 Å². The van der Waals surface area contributed by atoms with E-state index in [0.29, 0.717) is 18.5 Å². The number of amides is 1. The summed E-state index contributed by atoms with van der Waals surface area (Å²) >= 11 is 0. The standard InChI is InChI=1S/C11H9FN2O/c12-9-2-1-8-3-5-14(6-4-13)11(15)10(8)7-9/h1-2,7H,3,5-6H2. The van der Waals surface area contributed by atoms with Crippen LogP contribution in [-0.4, -0.2) is 23.9 Å². The molecule has 1 aromatic carbocycles. The van der Waals surface area contributed by atoms with Crippen LogP contribution in [-0.2, 0) is 6.42 Å². The van der Waals surface area contributed by atoms with Crippen LogP contribution in [0.25, 0.3) is 0 Å². The van der Waals surface area contributed by atoms with E-state index in [1.54, 1.807) is 6.07 Å². The van der Waals surface area contributed by atoms with E-state index in [4.69, 9.17) is 5.26 Å². The van der Waals surface area contributed by atoms with Gasteiger partial charge in [0.05, 0.1) is 6.07 Å². The Bertz CT molecular complexity index is 450. The fraction of sp³-hybridized carbons (Fsp3) is 0.273. The minimum Gasteiger partial charge on any atom is -0.325 e. The van der Waals surface area contributed by atoms with Gasteiger partial charge >= 0.3 is 0 Å². The third-order valence-electron chi connectivity index (χ3n) is 2.50. The highest BCUT2D eigenvalue weighted by Crippen LogP contribution is 2.19. The zero-order chi connectivity index (χ0) is 10.8. The van der Waals surface area contributed by atoms with Gasteiger partial charge in [0.15, 0.2) is 0 Å². The lowest BCUT2D eigenvalue weighted by Gasteiger charge is -2.26. The van der Waals surface area contributed by atoms with Crippen molar-refractivity contribution in [1.82, 2.24) is 4.90 Å². The van der Waals surface area contributed by atoms with E-state index >= 15 is 0 Å². The normalized spacial score (nSPS) is 14.7. The van der Waals surface area contributed by atoms with E-state index in [9.17, 15) is 9.18 Å². The molecule has 4 heteroatoms. The number of carbonyl (C=O) groups is 1. The molecule has 0 unspecified atom stereocenters. The van der Waals surface area contributed by atoms with Gasteiger partial charge in [-0.1, -0.05) is 6.07 Å². The maximum absolute atomic E-state index is 12.9. The number of benzene rings is 1. The van der Waals surface area contributed by atoms with Gasteiger partial charge in [0.1, 0.15) is 12.4 Å². The summed E-state index contributed by atoms with van der Waals surface area (Å²) in [4.78, 5) is 13.2. The van der Waals surface area contributed by atoms with Gasteiger partial charge in [-0.15, -0.1) is 0 Å². The van der Waals surface area contributed by atoms with Crippen molar-refractivity contribution in [3.05, 3.63) is 35.1 Å². The third kappa shape index (κ3) is 1.68. The Labute approximate surface area is 86.7 Å². The SMILES string of the molecule is N#CCN1CCc2ccc(F)cc2C1=O. The van der Waals surface area contributed by atoms with Crippen molar-refractivity contribution in [2.45, 2.75) is 6.42 Å². The average Bonchev–Trinajstić information content (AvgIpc) is 2.23. The van der Waals surface area contributed by atoms with Crippen LogP contribution in [0.5, 0.6) is 0 Å². The summed E-state index contributed by atoms with van der Waals surface area (Å²) in [6.07, 6.45) is 0.684. The molecule has 0 aliphatic carbocycles. The summed E-state index contributed by atoms with van der Waals surface area (Å²) in [7, 11) is 0. The lowest BCUT2D eigenvalue weighted by atomic mass is 9.99. The number of rotatable bonds is 1. The highest BCUT2D eigenvalue weighted by atomic mass is 19.1. The number of fused-ring (bicyclic) bond motifs is 1. The molecule has 1 amide bonds. The average molecular weight is 204 g/mol. The van der Waals surface area contributed by atoms with Gasteiger partial charge in [0.2, 0.25) is 0 Å². The molecule has 3 nitrogen and oxygen atoms in total. The molecule has 0 saturated heterocycles. The van der Waals surface area contributed by atoms with Gasteiger partial charge in [0.25, 0.3) is 5.91 Å². The number of carbonyl (C=O) groups excluding carboxylic acids is 1. The summed E-state index contributed by atoms with van der Waals surface area (Å²) < 4.78 is 12.9. The Kier molecular flexibility index (Phi) is 2.38. The molecule has 0 N–H and O–H groups in total. The molecule has 1 heterocycles. The van der Waals surface area contributed by atoms with Gasteiger partial charge in [-0.3, -0.25) is 4.79 Å². The van der Waals surface area contributed by atoms with Crippen molar-refractivity contribution >= 4 is 5.91 Å². The Morgan fingerprint density at radius 2 is 2.33 bits per heavy atom. The third-order valence-corrected chi connectivity index (χ3v) is 2.50. The number of nitrogens with zero attached hydrogens (tertiary/aromatic N) is 2. The van der Waals surface area contributed by atoms with E-state index in [2.05, 4.69) is 0 Å². The second kappa shape index (κ2) is 3.70. The topological polar surface area (TPSA) is 44.1 Å². The van der Waals surface area contributed by atoms with Crippen LogP contribution in [0, 0.1) is 17.1 Å². The molecule has 0 spiro atoms. The minimum atomic E-state index is -0.416. The second-order valence-corrected chi connectivity index (χ2v) is 3.44. The smallest absolute Gasteiger partial charge is 0.255 e. The van der Waals surface area contributed by atoms with E-state index in [1.165, 1.54) is 17.0 Å². The largest absolute Gasteiger partial charge is 0.325 e. The number of hydrogen-bond acceptors (Lipinski definition) is 2. The maximum Gasteiger partial charge on any atom is 0.255 e. The zero-order valence-corrected chi connectivity index (χ0v) is 8.03. The molecule has 0 saturated carbocycles. The van der Waals surface area contributed by atoms with Crippen LogP contribution in [0.1, 0.15) is 15.9 Å². The molecule has 1 aliphatic rings. The highest BCUT2D eigenvalue weighted by Gasteiger charge is 2.24. The van der Waals surface area contributed by atoms with Gasteiger partial charge < -0.3 is 4.90 Å². The molecule has 76 valence electrons. The molecule has 1 aromatic rings. The van der Waals surface area contributed by atoms with Gasteiger partial charge in [0, 0.05) is 12.1 Å². The molecular formula is C11H9FN2O. The first-order valence-electron chi connectivity index (χ1n) is 4.67. The van der Waals surface area contributed by atoms with Crippen molar-refractivity contribution in [2.24, 2.45) is 0 Å². The number of halogens is 1. The summed E-state index contributed by atoms with van der Waals surface area (Å²) in [6, 6.07) is 6.15. The first-order valence-corrected chi connectivity index (χ1v) is 4.67. The quantitative estimate of drug-likeness (QED) is 0.648. The van der Waals surface area contributed by atoms with Crippen molar-refractivity contribution in [3.8, 4) is 6.07 Å². The molecule has 15 heavy (non-hydrogen) atoms. The fourth-order valence-electron chi connectivity index (χ4n) is 1.73. The lowest BCUT2D eigenvalue weighted by Crippen LogP contribution is -2.37. The van der Waals surface area contributed by atoms with E-state index in [1.807, 2.05) is 6.07 Å². The van der Waals surface area contributed by atoms with Crippen LogP contribution >= 0.6 is 0 Å². The number of hydrogen-bond donors (Lipinski definition) is 0. The van der Waals surface area contributed by atoms with Crippen molar-refractivity contribution < 1.29 is 9.18 Å². The molecule has 0 aromatic heterocycles. The fourth-order valence-corrected chi connectivity index (χ4v) is 1.73. The van der Waals surface area contributed by atoms with Crippen molar-refractivity contribution in [2.75, 3.05) is 13.1 Å². The maximum atomic E-state index is 12.9. The van der Waals surface area contributed by atoms with Crippen molar-refractivity contribution in [3.63, 3.8) is 0 Å². The molecule has 0 fully saturated rings. The zero-order valence-electron chi connectivity index (χ0n) is 8.03. The first kappa shape index (κ1) is 9.66. The summed E-state index contributed by atoms with van der Waals surface area (Å²) in [6.45, 7) is 0.597. The monoisotopic (exact) mass is 204 g/mol. The minimum absolute atomic E-state index is 0.0643. The Morgan fingerprint density at radius 1 is 1.53 bits per heavy atom. The van der Waals surface area contributed by atoms with E-state index < -0.39 is 5.82 Å². The highest BCUT2D eigenvalue weighted by molar-refractivity contribution is 5.96. The predicted molar refractivity (Wildman–Crippen MR) is 51.6 cm³/mol. The predicted octanol–water partition coefficient (Wildman–Crippen LogP) is 1.35. The molecule has 1 aliphatic heterocycles. The Balaban J connectivity index is 2.37. The Hall–Kier alpha value is -1.89. The van der Waals surface area contributed by atoms with E-state index in [0.717, 1.165) is 5.56 Å². The van der Waals surface area contributed by atoms with Gasteiger partial charge in [-0.25, -0.2) is 4.39 Å². The van der Waals surface area contributed by atoms with Crippen LogP contribution in [0.4, 0.5) is 4.39 Å².